The topological polar surface area (TPSA) is 64.0 Å². The van der Waals surface area contributed by atoms with Crippen molar-refractivity contribution in [2.24, 2.45) is 4.99 Å². The summed E-state index contributed by atoms with van der Waals surface area (Å²) in [5, 5.41) is 10.9. The highest BCUT2D eigenvalue weighted by Gasteiger charge is 2.27. The van der Waals surface area contributed by atoms with E-state index in [1.807, 2.05) is 42.6 Å². The van der Waals surface area contributed by atoms with Crippen LogP contribution in [0.1, 0.15) is 28.4 Å². The van der Waals surface area contributed by atoms with Crippen LogP contribution in [-0.2, 0) is 0 Å². The minimum Gasteiger partial charge on any atom is -0.374 e. The molecule has 1 atom stereocenters. The van der Waals surface area contributed by atoms with E-state index in [1.54, 1.807) is 6.07 Å². The third-order valence-corrected chi connectivity index (χ3v) is 4.18. The van der Waals surface area contributed by atoms with Gasteiger partial charge in [0.05, 0.1) is 17.4 Å². The number of nitrogens with zero attached hydrogens (tertiary/aromatic N) is 1. The van der Waals surface area contributed by atoms with Crippen LogP contribution < -0.4 is 5.32 Å². The minimum atomic E-state index is -0.266. The molecule has 1 unspecified atom stereocenters. The molecule has 0 fully saturated rings. The molecule has 2 aromatic carbocycles. The Kier molecular flexibility index (Phi) is 3.46. The van der Waals surface area contributed by atoms with E-state index < -0.39 is 0 Å². The van der Waals surface area contributed by atoms with Crippen LogP contribution in [0.15, 0.2) is 65.8 Å². The van der Waals surface area contributed by atoms with Gasteiger partial charge in [0.25, 0.3) is 0 Å². The summed E-state index contributed by atoms with van der Waals surface area (Å²) in [7, 11) is 0. The Hall–Kier alpha value is -3.21. The maximum absolute atomic E-state index is 13.7. The van der Waals surface area contributed by atoms with E-state index >= 15 is 0 Å². The van der Waals surface area contributed by atoms with Crippen LogP contribution in [0.5, 0.6) is 0 Å². The zero-order valence-corrected chi connectivity index (χ0v) is 12.8. The van der Waals surface area contributed by atoms with Crippen LogP contribution in [0.25, 0.3) is 0 Å². The van der Waals surface area contributed by atoms with Gasteiger partial charge in [0.15, 0.2) is 0 Å². The fourth-order valence-electron chi connectivity index (χ4n) is 3.16. The van der Waals surface area contributed by atoms with Crippen LogP contribution in [-0.4, -0.2) is 17.0 Å². The Morgan fingerprint density at radius 1 is 1.08 bits per heavy atom. The van der Waals surface area contributed by atoms with Crippen molar-refractivity contribution in [1.29, 1.82) is 5.41 Å². The van der Waals surface area contributed by atoms with Crippen LogP contribution in [0.3, 0.4) is 0 Å². The number of aromatic amines is 1. The molecule has 0 amide bonds. The highest BCUT2D eigenvalue weighted by molar-refractivity contribution is 6.18. The molecule has 0 saturated heterocycles. The Morgan fingerprint density at radius 3 is 2.79 bits per heavy atom. The first-order chi connectivity index (χ1) is 11.8. The predicted octanol–water partition coefficient (Wildman–Crippen LogP) is 4.11. The summed E-state index contributed by atoms with van der Waals surface area (Å²) in [6, 6.07) is 16.1. The number of aliphatic imine (C=N–C) groups is 1. The summed E-state index contributed by atoms with van der Waals surface area (Å²) in [5.74, 6) is -0.266. The SMILES string of the molecule is N=CN=C1c2ccccc2NC(c2cccc(F)c2)c2cc[nH]c21. The Morgan fingerprint density at radius 2 is 1.96 bits per heavy atom. The van der Waals surface area contributed by atoms with Gasteiger partial charge in [-0.05, 0) is 29.8 Å². The maximum atomic E-state index is 13.7. The van der Waals surface area contributed by atoms with Gasteiger partial charge in [-0.15, -0.1) is 0 Å². The highest BCUT2D eigenvalue weighted by Crippen LogP contribution is 2.35. The molecule has 3 aromatic rings. The predicted molar refractivity (Wildman–Crippen MR) is 93.5 cm³/mol. The van der Waals surface area contributed by atoms with Crippen molar-refractivity contribution < 1.29 is 4.39 Å². The number of fused-ring (bicyclic) bond motifs is 2. The Labute approximate surface area is 138 Å². The van der Waals surface area contributed by atoms with Gasteiger partial charge in [-0.1, -0.05) is 30.3 Å². The number of hydrogen-bond donors (Lipinski definition) is 3. The Balaban J connectivity index is 1.97. The average Bonchev–Trinajstić information content (AvgIpc) is 3.02. The summed E-state index contributed by atoms with van der Waals surface area (Å²) >= 11 is 0. The number of nitrogens with one attached hydrogen (secondary N) is 3. The molecule has 1 aliphatic rings. The van der Waals surface area contributed by atoms with Gasteiger partial charge in [0.2, 0.25) is 0 Å². The van der Waals surface area contributed by atoms with E-state index in [9.17, 15) is 4.39 Å². The second kappa shape index (κ2) is 5.77. The van der Waals surface area contributed by atoms with E-state index in [-0.39, 0.29) is 11.9 Å². The molecule has 0 radical (unpaired) electrons. The van der Waals surface area contributed by atoms with Crippen molar-refractivity contribution >= 4 is 17.7 Å². The summed E-state index contributed by atoms with van der Waals surface area (Å²) in [6.07, 6.45) is 2.88. The van der Waals surface area contributed by atoms with Crippen LogP contribution in [0.4, 0.5) is 10.1 Å². The molecule has 5 heteroatoms. The van der Waals surface area contributed by atoms with Crippen molar-refractivity contribution in [2.45, 2.75) is 6.04 Å². The Bertz CT molecular complexity index is 942. The molecule has 24 heavy (non-hydrogen) atoms. The lowest BCUT2D eigenvalue weighted by atomic mass is 9.97. The van der Waals surface area contributed by atoms with Gasteiger partial charge in [-0.2, -0.15) is 0 Å². The molecule has 4 nitrogen and oxygen atoms in total. The lowest BCUT2D eigenvalue weighted by Gasteiger charge is -2.19. The molecular weight excluding hydrogens is 303 g/mol. The van der Waals surface area contributed by atoms with Gasteiger partial charge in [0, 0.05) is 23.0 Å². The van der Waals surface area contributed by atoms with Crippen LogP contribution >= 0.6 is 0 Å². The summed E-state index contributed by atoms with van der Waals surface area (Å²) in [5.41, 5.74) is 5.15. The number of halogens is 1. The first kappa shape index (κ1) is 14.4. The number of aromatic nitrogens is 1. The smallest absolute Gasteiger partial charge is 0.123 e. The maximum Gasteiger partial charge on any atom is 0.123 e. The van der Waals surface area contributed by atoms with Crippen molar-refractivity contribution in [2.75, 3.05) is 5.32 Å². The van der Waals surface area contributed by atoms with Crippen LogP contribution in [0.2, 0.25) is 0 Å². The van der Waals surface area contributed by atoms with Gasteiger partial charge in [-0.3, -0.25) is 5.41 Å². The molecular formula is C19H15FN4. The van der Waals surface area contributed by atoms with E-state index in [0.29, 0.717) is 5.71 Å². The number of H-pyrrole nitrogens is 1. The monoisotopic (exact) mass is 318 g/mol. The second-order valence-electron chi connectivity index (χ2n) is 5.59. The normalized spacial score (nSPS) is 17.5. The number of hydrogen-bond acceptors (Lipinski definition) is 2. The van der Waals surface area contributed by atoms with E-state index in [1.165, 1.54) is 12.1 Å². The molecule has 0 saturated carbocycles. The molecule has 3 N–H and O–H groups in total. The lowest BCUT2D eigenvalue weighted by molar-refractivity contribution is 0.624. The first-order valence-corrected chi connectivity index (χ1v) is 7.63. The van der Waals surface area contributed by atoms with Gasteiger partial charge >= 0.3 is 0 Å². The third kappa shape index (κ3) is 2.31. The highest BCUT2D eigenvalue weighted by atomic mass is 19.1. The number of benzene rings is 2. The molecule has 0 spiro atoms. The first-order valence-electron chi connectivity index (χ1n) is 7.63. The second-order valence-corrected chi connectivity index (χ2v) is 5.59. The molecule has 118 valence electrons. The molecule has 0 aliphatic carbocycles. The van der Waals surface area contributed by atoms with Gasteiger partial charge in [-0.25, -0.2) is 9.38 Å². The number of para-hydroxylation sites is 1. The van der Waals surface area contributed by atoms with E-state index in [4.69, 9.17) is 5.41 Å². The third-order valence-electron chi connectivity index (χ3n) is 4.18. The van der Waals surface area contributed by atoms with Crippen LogP contribution in [0, 0.1) is 11.2 Å². The quantitative estimate of drug-likeness (QED) is 0.483. The fraction of sp³-hybridized carbons (Fsp3) is 0.0526. The summed E-state index contributed by atoms with van der Waals surface area (Å²) in [4.78, 5) is 7.48. The zero-order valence-electron chi connectivity index (χ0n) is 12.8. The lowest BCUT2D eigenvalue weighted by Crippen LogP contribution is -2.12. The molecule has 4 rings (SSSR count). The average molecular weight is 318 g/mol. The standard InChI is InChI=1S/C19H15FN4/c20-13-5-3-4-12(10-13)17-15-8-9-22-19(15)18(23-11-21)14-6-1-2-7-16(14)24-17/h1-11,17,21-22,24H. The molecule has 2 heterocycles. The molecule has 1 aliphatic heterocycles. The largest absolute Gasteiger partial charge is 0.374 e. The summed E-state index contributed by atoms with van der Waals surface area (Å²) in [6.45, 7) is 0. The zero-order chi connectivity index (χ0) is 16.5. The summed E-state index contributed by atoms with van der Waals surface area (Å²) < 4.78 is 13.7. The van der Waals surface area contributed by atoms with E-state index in [0.717, 1.165) is 34.4 Å². The van der Waals surface area contributed by atoms with Crippen molar-refractivity contribution in [1.82, 2.24) is 4.98 Å². The molecule has 0 bridgehead atoms. The van der Waals surface area contributed by atoms with Gasteiger partial charge in [0.1, 0.15) is 12.2 Å². The van der Waals surface area contributed by atoms with Crippen molar-refractivity contribution in [3.63, 3.8) is 0 Å². The fourth-order valence-corrected chi connectivity index (χ4v) is 3.16. The van der Waals surface area contributed by atoms with Gasteiger partial charge < -0.3 is 10.3 Å². The van der Waals surface area contributed by atoms with E-state index in [2.05, 4.69) is 15.3 Å². The van der Waals surface area contributed by atoms with Crippen molar-refractivity contribution in [3.8, 4) is 0 Å². The molecule has 1 aromatic heterocycles. The minimum absolute atomic E-state index is 0.207. The van der Waals surface area contributed by atoms with Crippen molar-refractivity contribution in [3.05, 3.63) is 89.0 Å². The number of anilines is 1. The number of rotatable bonds is 2.